The number of nitrogens with one attached hydrogen (secondary N) is 1. The predicted octanol–water partition coefficient (Wildman–Crippen LogP) is 4.14. The molecule has 0 fully saturated rings. The quantitative estimate of drug-likeness (QED) is 0.826. The molecule has 1 aliphatic rings. The van der Waals surface area contributed by atoms with Gasteiger partial charge in [0.15, 0.2) is 0 Å². The van der Waals surface area contributed by atoms with Gasteiger partial charge in [-0.1, -0.05) is 36.4 Å². The first-order valence-corrected chi connectivity index (χ1v) is 7.85. The maximum Gasteiger partial charge on any atom is 0.232 e. The van der Waals surface area contributed by atoms with Gasteiger partial charge in [0.1, 0.15) is 0 Å². The molecule has 1 unspecified atom stereocenters. The molecule has 1 N–H and O–H groups in total. The van der Waals surface area contributed by atoms with E-state index in [1.54, 1.807) is 0 Å². The molecule has 3 heteroatoms. The number of carbonyl (C=O) groups excluding carboxylic acids is 1. The van der Waals surface area contributed by atoms with Crippen molar-refractivity contribution in [1.82, 2.24) is 0 Å². The van der Waals surface area contributed by atoms with Crippen molar-refractivity contribution in [3.8, 4) is 0 Å². The fraction of sp³-hybridized carbons (Fsp3) is 0.278. The zero-order valence-corrected chi connectivity index (χ0v) is 12.6. The molecule has 0 bridgehead atoms. The van der Waals surface area contributed by atoms with Crippen molar-refractivity contribution in [2.24, 2.45) is 0 Å². The first-order valence-electron chi connectivity index (χ1n) is 7.31. The van der Waals surface area contributed by atoms with Gasteiger partial charge in [-0.3, -0.25) is 4.79 Å². The number of hydrogen-bond donors (Lipinski definition) is 1. The lowest BCUT2D eigenvalue weighted by Crippen LogP contribution is -2.30. The van der Waals surface area contributed by atoms with Crippen LogP contribution in [0.15, 0.2) is 48.5 Å². The standard InChI is InChI=1S/C18H18ClNO/c19-10-4-6-13-5-3-8-15(11-13)20-18(21)17-12-14-7-1-2-9-16(14)17/h1-3,5,7-9,11,17H,4,6,10,12H2,(H,20,21). The van der Waals surface area contributed by atoms with Gasteiger partial charge in [-0.25, -0.2) is 0 Å². The largest absolute Gasteiger partial charge is 0.326 e. The number of halogens is 1. The monoisotopic (exact) mass is 299 g/mol. The van der Waals surface area contributed by atoms with Gasteiger partial charge in [-0.2, -0.15) is 0 Å². The Bertz CT molecular complexity index is 653. The van der Waals surface area contributed by atoms with E-state index in [0.29, 0.717) is 5.88 Å². The minimum Gasteiger partial charge on any atom is -0.326 e. The van der Waals surface area contributed by atoms with E-state index in [0.717, 1.165) is 30.5 Å². The smallest absolute Gasteiger partial charge is 0.232 e. The Kier molecular flexibility index (Phi) is 4.26. The minimum absolute atomic E-state index is 0.00676. The van der Waals surface area contributed by atoms with Crippen LogP contribution in [0, 0.1) is 0 Å². The van der Waals surface area contributed by atoms with Gasteiger partial charge in [0.05, 0.1) is 5.92 Å². The second kappa shape index (κ2) is 6.31. The Morgan fingerprint density at radius 3 is 2.86 bits per heavy atom. The molecule has 0 aliphatic heterocycles. The van der Waals surface area contributed by atoms with Gasteiger partial charge in [0.2, 0.25) is 5.91 Å². The average molecular weight is 300 g/mol. The Morgan fingerprint density at radius 1 is 1.19 bits per heavy atom. The van der Waals surface area contributed by atoms with E-state index in [9.17, 15) is 4.79 Å². The van der Waals surface area contributed by atoms with E-state index in [4.69, 9.17) is 11.6 Å². The molecule has 1 atom stereocenters. The number of alkyl halides is 1. The van der Waals surface area contributed by atoms with E-state index in [1.807, 2.05) is 36.4 Å². The van der Waals surface area contributed by atoms with Gasteiger partial charge < -0.3 is 5.32 Å². The van der Waals surface area contributed by atoms with Crippen LogP contribution >= 0.6 is 11.6 Å². The second-order valence-corrected chi connectivity index (χ2v) is 5.82. The molecular weight excluding hydrogens is 282 g/mol. The van der Waals surface area contributed by atoms with Crippen LogP contribution in [0.25, 0.3) is 0 Å². The molecule has 108 valence electrons. The third kappa shape index (κ3) is 3.11. The molecule has 1 aliphatic carbocycles. The summed E-state index contributed by atoms with van der Waals surface area (Å²) in [6, 6.07) is 16.2. The highest BCUT2D eigenvalue weighted by Gasteiger charge is 2.31. The van der Waals surface area contributed by atoms with Gasteiger partial charge in [-0.05, 0) is 48.1 Å². The summed E-state index contributed by atoms with van der Waals surface area (Å²) >= 11 is 5.72. The number of aryl methyl sites for hydroxylation is 1. The van der Waals surface area contributed by atoms with Gasteiger partial charge in [-0.15, -0.1) is 11.6 Å². The van der Waals surface area contributed by atoms with Crippen molar-refractivity contribution < 1.29 is 4.79 Å². The summed E-state index contributed by atoms with van der Waals surface area (Å²) < 4.78 is 0. The molecule has 0 saturated carbocycles. The highest BCUT2D eigenvalue weighted by atomic mass is 35.5. The molecule has 3 rings (SSSR count). The summed E-state index contributed by atoms with van der Waals surface area (Å²) in [6.45, 7) is 0. The summed E-state index contributed by atoms with van der Waals surface area (Å²) in [5, 5.41) is 3.03. The number of anilines is 1. The molecule has 2 aromatic carbocycles. The Hall–Kier alpha value is -1.80. The molecule has 0 spiro atoms. The van der Waals surface area contributed by atoms with Crippen LogP contribution in [-0.4, -0.2) is 11.8 Å². The van der Waals surface area contributed by atoms with Gasteiger partial charge in [0, 0.05) is 11.6 Å². The Labute approximate surface area is 130 Å². The number of rotatable bonds is 5. The van der Waals surface area contributed by atoms with Gasteiger partial charge >= 0.3 is 0 Å². The second-order valence-electron chi connectivity index (χ2n) is 5.44. The third-order valence-corrected chi connectivity index (χ3v) is 4.23. The first-order chi connectivity index (χ1) is 10.3. The maximum absolute atomic E-state index is 12.4. The van der Waals surface area contributed by atoms with Crippen LogP contribution in [-0.2, 0) is 17.6 Å². The van der Waals surface area contributed by atoms with Crippen molar-refractivity contribution in [1.29, 1.82) is 0 Å². The molecule has 0 saturated heterocycles. The molecular formula is C18H18ClNO. The number of benzene rings is 2. The van der Waals surface area contributed by atoms with Crippen molar-refractivity contribution in [3.05, 3.63) is 65.2 Å². The fourth-order valence-corrected chi connectivity index (χ4v) is 2.93. The van der Waals surface area contributed by atoms with Crippen molar-refractivity contribution in [2.75, 3.05) is 11.2 Å². The summed E-state index contributed by atoms with van der Waals surface area (Å²) in [5.41, 5.74) is 4.53. The lowest BCUT2D eigenvalue weighted by atomic mass is 9.77. The molecule has 2 aromatic rings. The lowest BCUT2D eigenvalue weighted by Gasteiger charge is -2.28. The molecule has 2 nitrogen and oxygen atoms in total. The van der Waals surface area contributed by atoms with E-state index in [-0.39, 0.29) is 11.8 Å². The number of carbonyl (C=O) groups is 1. The molecule has 0 radical (unpaired) electrons. The van der Waals surface area contributed by atoms with E-state index < -0.39 is 0 Å². The summed E-state index contributed by atoms with van der Waals surface area (Å²) in [7, 11) is 0. The molecule has 1 amide bonds. The van der Waals surface area contributed by atoms with Crippen LogP contribution in [0.3, 0.4) is 0 Å². The first kappa shape index (κ1) is 14.2. The van der Waals surface area contributed by atoms with Crippen molar-refractivity contribution in [2.45, 2.75) is 25.2 Å². The van der Waals surface area contributed by atoms with Crippen LogP contribution in [0.1, 0.15) is 29.0 Å². The predicted molar refractivity (Wildman–Crippen MR) is 87.0 cm³/mol. The van der Waals surface area contributed by atoms with Crippen molar-refractivity contribution in [3.63, 3.8) is 0 Å². The van der Waals surface area contributed by atoms with E-state index >= 15 is 0 Å². The van der Waals surface area contributed by atoms with Crippen LogP contribution in [0.5, 0.6) is 0 Å². The topological polar surface area (TPSA) is 29.1 Å². The Balaban J connectivity index is 1.66. The summed E-state index contributed by atoms with van der Waals surface area (Å²) in [6.07, 6.45) is 2.74. The Morgan fingerprint density at radius 2 is 2.05 bits per heavy atom. The van der Waals surface area contributed by atoms with E-state index in [1.165, 1.54) is 11.1 Å². The summed E-state index contributed by atoms with van der Waals surface area (Å²) in [5.74, 6) is 0.742. The van der Waals surface area contributed by atoms with Crippen LogP contribution in [0.4, 0.5) is 5.69 Å². The van der Waals surface area contributed by atoms with Crippen molar-refractivity contribution >= 4 is 23.2 Å². The highest BCUT2D eigenvalue weighted by Crippen LogP contribution is 2.35. The third-order valence-electron chi connectivity index (χ3n) is 3.96. The number of hydrogen-bond acceptors (Lipinski definition) is 1. The molecule has 0 heterocycles. The lowest BCUT2D eigenvalue weighted by molar-refractivity contribution is -0.118. The SMILES string of the molecule is O=C(Nc1cccc(CCCCl)c1)C1Cc2ccccc21. The maximum atomic E-state index is 12.4. The molecule has 0 aromatic heterocycles. The molecule has 21 heavy (non-hydrogen) atoms. The summed E-state index contributed by atoms with van der Waals surface area (Å²) in [4.78, 5) is 12.4. The van der Waals surface area contributed by atoms with Crippen LogP contribution < -0.4 is 5.32 Å². The normalized spacial score (nSPS) is 16.0. The highest BCUT2D eigenvalue weighted by molar-refractivity contribution is 6.17. The average Bonchev–Trinajstić information content (AvgIpc) is 2.47. The van der Waals surface area contributed by atoms with E-state index in [2.05, 4.69) is 17.4 Å². The zero-order chi connectivity index (χ0) is 14.7. The fourth-order valence-electron chi connectivity index (χ4n) is 2.80. The number of amides is 1. The van der Waals surface area contributed by atoms with Crippen LogP contribution in [0.2, 0.25) is 0 Å². The zero-order valence-electron chi connectivity index (χ0n) is 11.8. The number of fused-ring (bicyclic) bond motifs is 1. The van der Waals surface area contributed by atoms with Gasteiger partial charge in [0.25, 0.3) is 0 Å². The minimum atomic E-state index is -0.00676.